The quantitative estimate of drug-likeness (QED) is 0.634. The van der Waals surface area contributed by atoms with Crippen LogP contribution >= 0.6 is 0 Å². The van der Waals surface area contributed by atoms with Crippen molar-refractivity contribution < 1.29 is 19.4 Å². The van der Waals surface area contributed by atoms with Gasteiger partial charge in [0, 0.05) is 39.4 Å². The van der Waals surface area contributed by atoms with Crippen LogP contribution in [0.5, 0.6) is 0 Å². The number of methoxy groups -OCH3 is 1. The minimum absolute atomic E-state index is 0.0747. The Morgan fingerprint density at radius 2 is 1.35 bits per heavy atom. The topological polar surface area (TPSA) is 63.6 Å². The Bertz CT molecular complexity index is 286. The van der Waals surface area contributed by atoms with E-state index in [1.807, 2.05) is 27.7 Å². The van der Waals surface area contributed by atoms with Crippen molar-refractivity contribution in [3.05, 3.63) is 0 Å². The molecule has 20 heavy (non-hydrogen) atoms. The molecule has 0 atom stereocenters. The summed E-state index contributed by atoms with van der Waals surface area (Å²) in [5, 5.41) is 9.12. The van der Waals surface area contributed by atoms with Gasteiger partial charge in [0.2, 0.25) is 0 Å². The molecule has 0 fully saturated rings. The molecule has 0 radical (unpaired) electrons. The predicted molar refractivity (Wildman–Crippen MR) is 79.7 cm³/mol. The summed E-state index contributed by atoms with van der Waals surface area (Å²) in [6, 6.07) is 0. The monoisotopic (exact) mass is 286 g/mol. The summed E-state index contributed by atoms with van der Waals surface area (Å²) in [5.41, 5.74) is -0.507. The molecule has 0 saturated carbocycles. The van der Waals surface area contributed by atoms with Gasteiger partial charge in [-0.1, -0.05) is 13.8 Å². The van der Waals surface area contributed by atoms with Gasteiger partial charge in [-0.3, -0.25) is 9.59 Å². The molecule has 4 heteroatoms. The molecule has 1 N–H and O–H groups in total. The first-order valence-corrected chi connectivity index (χ1v) is 7.31. The Morgan fingerprint density at radius 3 is 1.75 bits per heavy atom. The number of carbonyl (C=O) groups excluding carboxylic acids is 2. The number of rotatable bonds is 11. The van der Waals surface area contributed by atoms with Crippen LogP contribution in [0.3, 0.4) is 0 Å². The second-order valence-corrected chi connectivity index (χ2v) is 6.86. The third kappa shape index (κ3) is 9.21. The van der Waals surface area contributed by atoms with Crippen molar-refractivity contribution in [1.82, 2.24) is 0 Å². The van der Waals surface area contributed by atoms with Crippen LogP contribution in [0.4, 0.5) is 0 Å². The molecule has 4 nitrogen and oxygen atoms in total. The maximum atomic E-state index is 11.7. The number of hydrogen-bond donors (Lipinski definition) is 1. The van der Waals surface area contributed by atoms with E-state index in [1.54, 1.807) is 7.11 Å². The third-order valence-electron chi connectivity index (χ3n) is 3.75. The van der Waals surface area contributed by atoms with E-state index in [0.717, 1.165) is 0 Å². The Hall–Kier alpha value is -0.740. The smallest absolute Gasteiger partial charge is 0.133 e. The number of hydrogen-bond acceptors (Lipinski definition) is 4. The maximum absolute atomic E-state index is 11.7. The van der Waals surface area contributed by atoms with Gasteiger partial charge in [-0.15, -0.1) is 0 Å². The molecule has 0 spiro atoms. The summed E-state index contributed by atoms with van der Waals surface area (Å²) in [6.45, 7) is 7.83. The van der Waals surface area contributed by atoms with Gasteiger partial charge in [-0.2, -0.15) is 0 Å². The highest BCUT2D eigenvalue weighted by Gasteiger charge is 2.20. The molecule has 0 saturated heterocycles. The SMILES string of the molecule is COC(C)(C)CCC(=O)CCC(=O)CCC(C)(C)CO. The number of carbonyl (C=O) groups is 2. The second-order valence-electron chi connectivity index (χ2n) is 6.86. The zero-order valence-corrected chi connectivity index (χ0v) is 13.6. The Balaban J connectivity index is 3.87. The number of Topliss-reactive ketones (excluding diaryl/α,β-unsaturated/α-hetero) is 2. The highest BCUT2D eigenvalue weighted by molar-refractivity contribution is 5.86. The minimum Gasteiger partial charge on any atom is -0.396 e. The van der Waals surface area contributed by atoms with E-state index in [-0.39, 0.29) is 29.2 Å². The lowest BCUT2D eigenvalue weighted by molar-refractivity contribution is -0.125. The molecule has 0 aromatic rings. The normalized spacial score (nSPS) is 12.5. The Morgan fingerprint density at radius 1 is 0.900 bits per heavy atom. The summed E-state index contributed by atoms with van der Waals surface area (Å²) < 4.78 is 5.26. The standard InChI is InChI=1S/C16H30O4/c1-15(2,12-17)10-8-13(18)6-7-14(19)9-11-16(3,4)20-5/h17H,6-12H2,1-5H3. The van der Waals surface area contributed by atoms with Crippen molar-refractivity contribution >= 4 is 11.6 Å². The molecular weight excluding hydrogens is 256 g/mol. The fourth-order valence-corrected chi connectivity index (χ4v) is 1.63. The van der Waals surface area contributed by atoms with E-state index >= 15 is 0 Å². The fraction of sp³-hybridized carbons (Fsp3) is 0.875. The summed E-state index contributed by atoms with van der Waals surface area (Å²) in [7, 11) is 1.64. The van der Waals surface area contributed by atoms with Gasteiger partial charge in [0.25, 0.3) is 0 Å². The molecule has 0 heterocycles. The molecule has 0 rings (SSSR count). The van der Waals surface area contributed by atoms with Crippen LogP contribution in [0, 0.1) is 5.41 Å². The van der Waals surface area contributed by atoms with Gasteiger partial charge in [0.05, 0.1) is 5.60 Å². The van der Waals surface area contributed by atoms with Crippen molar-refractivity contribution in [3.8, 4) is 0 Å². The number of ether oxygens (including phenoxy) is 1. The molecule has 0 amide bonds. The van der Waals surface area contributed by atoms with Crippen LogP contribution < -0.4 is 0 Å². The molecule has 0 aromatic carbocycles. The van der Waals surface area contributed by atoms with Gasteiger partial charge in [0.15, 0.2) is 0 Å². The molecule has 118 valence electrons. The summed E-state index contributed by atoms with van der Waals surface area (Å²) in [6.07, 6.45) is 2.86. The molecule has 0 aliphatic carbocycles. The fourth-order valence-electron chi connectivity index (χ4n) is 1.63. The van der Waals surface area contributed by atoms with Gasteiger partial charge in [0.1, 0.15) is 11.6 Å². The highest BCUT2D eigenvalue weighted by Crippen LogP contribution is 2.22. The van der Waals surface area contributed by atoms with E-state index in [4.69, 9.17) is 9.84 Å². The van der Waals surface area contributed by atoms with E-state index < -0.39 is 0 Å². The van der Waals surface area contributed by atoms with Crippen molar-refractivity contribution in [2.24, 2.45) is 5.41 Å². The molecular formula is C16H30O4. The Labute approximate surface area is 122 Å². The first kappa shape index (κ1) is 19.3. The zero-order chi connectivity index (χ0) is 15.8. The maximum Gasteiger partial charge on any atom is 0.133 e. The third-order valence-corrected chi connectivity index (χ3v) is 3.75. The van der Waals surface area contributed by atoms with Gasteiger partial charge in [-0.05, 0) is 32.1 Å². The van der Waals surface area contributed by atoms with Crippen LogP contribution in [0.2, 0.25) is 0 Å². The average Bonchev–Trinajstić information content (AvgIpc) is 2.40. The van der Waals surface area contributed by atoms with Crippen molar-refractivity contribution in [3.63, 3.8) is 0 Å². The highest BCUT2D eigenvalue weighted by atomic mass is 16.5. The van der Waals surface area contributed by atoms with Gasteiger partial charge >= 0.3 is 0 Å². The zero-order valence-electron chi connectivity index (χ0n) is 13.6. The van der Waals surface area contributed by atoms with E-state index in [1.165, 1.54) is 0 Å². The molecule has 0 aromatic heterocycles. The van der Waals surface area contributed by atoms with Crippen LogP contribution in [0.15, 0.2) is 0 Å². The minimum atomic E-state index is -0.287. The largest absolute Gasteiger partial charge is 0.396 e. The molecule has 0 aliphatic heterocycles. The summed E-state index contributed by atoms with van der Waals surface area (Å²) in [4.78, 5) is 23.4. The lowest BCUT2D eigenvalue weighted by Gasteiger charge is -2.22. The first-order valence-electron chi connectivity index (χ1n) is 7.31. The van der Waals surface area contributed by atoms with Crippen molar-refractivity contribution in [1.29, 1.82) is 0 Å². The lowest BCUT2D eigenvalue weighted by atomic mass is 9.87. The molecule has 0 aliphatic rings. The van der Waals surface area contributed by atoms with E-state index in [2.05, 4.69) is 0 Å². The predicted octanol–water partition coefficient (Wildman–Crippen LogP) is 2.91. The lowest BCUT2D eigenvalue weighted by Crippen LogP contribution is -2.23. The number of aliphatic hydroxyl groups is 1. The number of ketones is 2. The van der Waals surface area contributed by atoms with Gasteiger partial charge in [-0.25, -0.2) is 0 Å². The summed E-state index contributed by atoms with van der Waals surface area (Å²) in [5.74, 6) is 0.218. The van der Waals surface area contributed by atoms with Crippen LogP contribution in [0.25, 0.3) is 0 Å². The van der Waals surface area contributed by atoms with Crippen LogP contribution in [-0.4, -0.2) is 36.0 Å². The second kappa shape index (κ2) is 8.53. The Kier molecular flexibility index (Phi) is 8.21. The van der Waals surface area contributed by atoms with E-state index in [9.17, 15) is 9.59 Å². The van der Waals surface area contributed by atoms with Crippen LogP contribution in [-0.2, 0) is 14.3 Å². The van der Waals surface area contributed by atoms with E-state index in [0.29, 0.717) is 38.5 Å². The molecule has 0 unspecified atom stereocenters. The number of aliphatic hydroxyl groups excluding tert-OH is 1. The van der Waals surface area contributed by atoms with Gasteiger partial charge < -0.3 is 9.84 Å². The van der Waals surface area contributed by atoms with Crippen LogP contribution in [0.1, 0.15) is 66.2 Å². The van der Waals surface area contributed by atoms with Crippen molar-refractivity contribution in [2.75, 3.05) is 13.7 Å². The van der Waals surface area contributed by atoms with Crippen molar-refractivity contribution in [2.45, 2.75) is 71.8 Å². The average molecular weight is 286 g/mol. The molecule has 0 bridgehead atoms. The summed E-state index contributed by atoms with van der Waals surface area (Å²) >= 11 is 0. The first-order chi connectivity index (χ1) is 9.12.